The molecule has 0 amide bonds. The molecule has 1 atom stereocenters. The van der Waals surface area contributed by atoms with Crippen LogP contribution in [-0.2, 0) is 14.9 Å². The predicted octanol–water partition coefficient (Wildman–Crippen LogP) is 2.79. The SMILES string of the molecule is CCNC(=NCC1(c2ccc(F)cc2)CCOCC1)NCC(C(C)C)N1CCOCC1. The van der Waals surface area contributed by atoms with Gasteiger partial charge >= 0.3 is 0 Å². The van der Waals surface area contributed by atoms with Crippen LogP contribution in [0, 0.1) is 11.7 Å². The third kappa shape index (κ3) is 6.64. The first-order valence-electron chi connectivity index (χ1n) is 11.7. The van der Waals surface area contributed by atoms with Gasteiger partial charge in [-0.15, -0.1) is 0 Å². The van der Waals surface area contributed by atoms with Gasteiger partial charge in [0, 0.05) is 50.8 Å². The van der Waals surface area contributed by atoms with Gasteiger partial charge in [-0.05, 0) is 43.4 Å². The van der Waals surface area contributed by atoms with Gasteiger partial charge in [-0.3, -0.25) is 9.89 Å². The molecule has 6 nitrogen and oxygen atoms in total. The average molecular weight is 435 g/mol. The van der Waals surface area contributed by atoms with Crippen molar-refractivity contribution in [1.82, 2.24) is 15.5 Å². The Morgan fingerprint density at radius 1 is 1.06 bits per heavy atom. The van der Waals surface area contributed by atoms with E-state index in [9.17, 15) is 4.39 Å². The van der Waals surface area contributed by atoms with Crippen LogP contribution in [0.5, 0.6) is 0 Å². The topological polar surface area (TPSA) is 58.1 Å². The first-order chi connectivity index (χ1) is 15.0. The lowest BCUT2D eigenvalue weighted by Crippen LogP contribution is -2.52. The fraction of sp³-hybridized carbons (Fsp3) is 0.708. The van der Waals surface area contributed by atoms with E-state index in [2.05, 4.69) is 36.3 Å². The van der Waals surface area contributed by atoms with E-state index >= 15 is 0 Å². The van der Waals surface area contributed by atoms with Gasteiger partial charge in [0.25, 0.3) is 0 Å². The largest absolute Gasteiger partial charge is 0.381 e. The molecule has 1 aromatic carbocycles. The zero-order valence-corrected chi connectivity index (χ0v) is 19.3. The van der Waals surface area contributed by atoms with Gasteiger partial charge in [-0.1, -0.05) is 26.0 Å². The molecule has 2 aliphatic heterocycles. The maximum absolute atomic E-state index is 13.5. The van der Waals surface area contributed by atoms with Gasteiger partial charge < -0.3 is 20.1 Å². The van der Waals surface area contributed by atoms with Crippen LogP contribution in [0.4, 0.5) is 4.39 Å². The molecule has 3 rings (SSSR count). The highest BCUT2D eigenvalue weighted by Gasteiger charge is 2.34. The van der Waals surface area contributed by atoms with E-state index in [1.54, 1.807) is 12.1 Å². The highest BCUT2D eigenvalue weighted by atomic mass is 19.1. The number of nitrogens with one attached hydrogen (secondary N) is 2. The van der Waals surface area contributed by atoms with Crippen molar-refractivity contribution in [3.63, 3.8) is 0 Å². The number of halogens is 1. The Morgan fingerprint density at radius 3 is 2.32 bits per heavy atom. The molecule has 31 heavy (non-hydrogen) atoms. The van der Waals surface area contributed by atoms with Crippen molar-refractivity contribution in [2.24, 2.45) is 10.9 Å². The van der Waals surface area contributed by atoms with Crippen LogP contribution in [-0.4, -0.2) is 76.1 Å². The summed E-state index contributed by atoms with van der Waals surface area (Å²) in [4.78, 5) is 7.50. The second kappa shape index (κ2) is 11.8. The van der Waals surface area contributed by atoms with Crippen LogP contribution in [0.15, 0.2) is 29.3 Å². The quantitative estimate of drug-likeness (QED) is 0.487. The van der Waals surface area contributed by atoms with Crippen LogP contribution in [0.3, 0.4) is 0 Å². The summed E-state index contributed by atoms with van der Waals surface area (Å²) in [5, 5.41) is 6.98. The highest BCUT2D eigenvalue weighted by Crippen LogP contribution is 2.35. The summed E-state index contributed by atoms with van der Waals surface area (Å²) >= 11 is 0. The summed E-state index contributed by atoms with van der Waals surface area (Å²) < 4.78 is 24.7. The van der Waals surface area contributed by atoms with Gasteiger partial charge in [0.05, 0.1) is 19.8 Å². The number of guanidine groups is 1. The maximum Gasteiger partial charge on any atom is 0.191 e. The lowest BCUT2D eigenvalue weighted by atomic mass is 9.74. The van der Waals surface area contributed by atoms with Gasteiger partial charge in [-0.2, -0.15) is 0 Å². The van der Waals surface area contributed by atoms with E-state index in [1.807, 2.05) is 12.1 Å². The molecular formula is C24H39FN4O2. The molecule has 2 aliphatic rings. The fourth-order valence-electron chi connectivity index (χ4n) is 4.57. The summed E-state index contributed by atoms with van der Waals surface area (Å²) in [6.45, 7) is 13.9. The van der Waals surface area contributed by atoms with Crippen LogP contribution in [0.1, 0.15) is 39.2 Å². The molecule has 1 aromatic rings. The minimum atomic E-state index is -0.202. The van der Waals surface area contributed by atoms with E-state index in [0.717, 1.165) is 63.8 Å². The van der Waals surface area contributed by atoms with E-state index in [4.69, 9.17) is 14.5 Å². The summed E-state index contributed by atoms with van der Waals surface area (Å²) in [7, 11) is 0. The molecule has 2 heterocycles. The molecule has 2 fully saturated rings. The second-order valence-electron chi connectivity index (χ2n) is 8.94. The molecule has 0 saturated carbocycles. The first kappa shape index (κ1) is 24.0. The van der Waals surface area contributed by atoms with Crippen molar-refractivity contribution in [3.05, 3.63) is 35.6 Å². The molecule has 0 radical (unpaired) electrons. The molecule has 0 aromatic heterocycles. The van der Waals surface area contributed by atoms with Crippen molar-refractivity contribution in [3.8, 4) is 0 Å². The smallest absolute Gasteiger partial charge is 0.191 e. The lowest BCUT2D eigenvalue weighted by Gasteiger charge is -2.38. The van der Waals surface area contributed by atoms with Crippen LogP contribution >= 0.6 is 0 Å². The zero-order valence-electron chi connectivity index (χ0n) is 19.3. The van der Waals surface area contributed by atoms with Crippen molar-refractivity contribution in [1.29, 1.82) is 0 Å². The number of nitrogens with zero attached hydrogens (tertiary/aromatic N) is 2. The molecule has 0 aliphatic carbocycles. The van der Waals surface area contributed by atoms with Crippen molar-refractivity contribution in [2.45, 2.75) is 45.1 Å². The number of benzene rings is 1. The number of morpholine rings is 1. The number of hydrogen-bond donors (Lipinski definition) is 2. The lowest BCUT2D eigenvalue weighted by molar-refractivity contribution is 0.00751. The molecule has 0 spiro atoms. The highest BCUT2D eigenvalue weighted by molar-refractivity contribution is 5.79. The molecule has 7 heteroatoms. The van der Waals surface area contributed by atoms with Gasteiger partial charge in [0.2, 0.25) is 0 Å². The number of aliphatic imine (C=N–C) groups is 1. The first-order valence-corrected chi connectivity index (χ1v) is 11.7. The third-order valence-electron chi connectivity index (χ3n) is 6.55. The van der Waals surface area contributed by atoms with E-state index < -0.39 is 0 Å². The average Bonchev–Trinajstić information content (AvgIpc) is 2.79. The van der Waals surface area contributed by atoms with Gasteiger partial charge in [-0.25, -0.2) is 4.39 Å². The summed E-state index contributed by atoms with van der Waals surface area (Å²) in [6.07, 6.45) is 1.79. The molecule has 2 saturated heterocycles. The fourth-order valence-corrected chi connectivity index (χ4v) is 4.57. The predicted molar refractivity (Wildman–Crippen MR) is 123 cm³/mol. The monoisotopic (exact) mass is 434 g/mol. The summed E-state index contributed by atoms with van der Waals surface area (Å²) in [5.74, 6) is 1.18. The normalized spacial score (nSPS) is 21.1. The van der Waals surface area contributed by atoms with Crippen molar-refractivity contribution in [2.75, 3.05) is 59.2 Å². The summed E-state index contributed by atoms with van der Waals surface area (Å²) in [6, 6.07) is 7.35. The Hall–Kier alpha value is -1.70. The van der Waals surface area contributed by atoms with Crippen molar-refractivity contribution < 1.29 is 13.9 Å². The van der Waals surface area contributed by atoms with Gasteiger partial charge in [0.1, 0.15) is 5.82 Å². The Morgan fingerprint density at radius 2 is 1.71 bits per heavy atom. The molecule has 0 bridgehead atoms. The van der Waals surface area contributed by atoms with Crippen LogP contribution in [0.2, 0.25) is 0 Å². The van der Waals surface area contributed by atoms with E-state index in [1.165, 1.54) is 0 Å². The Balaban J connectivity index is 1.70. The standard InChI is InChI=1S/C24H39FN4O2/c1-4-26-23(27-17-22(19(2)3)29-11-15-31-16-12-29)28-18-24(9-13-30-14-10-24)20-5-7-21(25)8-6-20/h5-8,19,22H,4,9-18H2,1-3H3,(H2,26,27,28). The molecule has 1 unspecified atom stereocenters. The van der Waals surface area contributed by atoms with Crippen LogP contribution < -0.4 is 10.6 Å². The van der Waals surface area contributed by atoms with E-state index in [0.29, 0.717) is 31.7 Å². The number of ether oxygens (including phenoxy) is 2. The minimum absolute atomic E-state index is 0.115. The number of rotatable bonds is 8. The number of hydrogen-bond acceptors (Lipinski definition) is 4. The molecular weight excluding hydrogens is 395 g/mol. The minimum Gasteiger partial charge on any atom is -0.381 e. The maximum atomic E-state index is 13.5. The Labute approximate surface area is 186 Å². The zero-order chi connectivity index (χ0) is 22.1. The van der Waals surface area contributed by atoms with E-state index in [-0.39, 0.29) is 11.2 Å². The van der Waals surface area contributed by atoms with Gasteiger partial charge in [0.15, 0.2) is 5.96 Å². The second-order valence-corrected chi connectivity index (χ2v) is 8.94. The molecule has 2 N–H and O–H groups in total. The molecule has 174 valence electrons. The third-order valence-corrected chi connectivity index (χ3v) is 6.55. The van der Waals surface area contributed by atoms with Crippen molar-refractivity contribution >= 4 is 5.96 Å². The van der Waals surface area contributed by atoms with Crippen LogP contribution in [0.25, 0.3) is 0 Å². The summed E-state index contributed by atoms with van der Waals surface area (Å²) in [5.41, 5.74) is 1.03. The Kier molecular flexibility index (Phi) is 9.11. The Bertz CT molecular complexity index is 683.